The molecule has 2 nitrogen and oxygen atoms in total. The Hall–Kier alpha value is -4.30. The maximum absolute atomic E-state index is 2.48. The van der Waals surface area contributed by atoms with Crippen LogP contribution in [0.4, 0.5) is 17.1 Å². The zero-order valence-electron chi connectivity index (χ0n) is 23.4. The molecular weight excluding hydrogens is 472 g/mol. The Morgan fingerprint density at radius 3 is 1.97 bits per heavy atom. The Morgan fingerprint density at radius 1 is 0.590 bits per heavy atom. The van der Waals surface area contributed by atoms with E-state index in [1.54, 1.807) is 0 Å². The number of hydrogen-bond acceptors (Lipinski definition) is 1. The first kappa shape index (κ1) is 23.8. The minimum atomic E-state index is -0.0613. The lowest BCUT2D eigenvalue weighted by Gasteiger charge is -2.34. The Bertz CT molecular complexity index is 1850. The molecule has 0 saturated carbocycles. The maximum Gasteiger partial charge on any atom is 0.0582 e. The molecule has 0 unspecified atom stereocenters. The van der Waals surface area contributed by atoms with Crippen LogP contribution in [0.5, 0.6) is 0 Å². The van der Waals surface area contributed by atoms with Gasteiger partial charge in [0.1, 0.15) is 0 Å². The molecule has 0 radical (unpaired) electrons. The number of hydrogen-bond donors (Lipinski definition) is 0. The second-order valence-corrected chi connectivity index (χ2v) is 12.3. The normalized spacial score (nSPS) is 14.0. The van der Waals surface area contributed by atoms with Gasteiger partial charge < -0.3 is 9.47 Å². The monoisotopic (exact) mass is 506 g/mol. The van der Waals surface area contributed by atoms with Crippen LogP contribution < -0.4 is 4.90 Å². The van der Waals surface area contributed by atoms with E-state index in [-0.39, 0.29) is 10.8 Å². The average molecular weight is 507 g/mol. The number of aromatic nitrogens is 1. The second-order valence-electron chi connectivity index (χ2n) is 12.3. The topological polar surface area (TPSA) is 8.17 Å². The van der Waals surface area contributed by atoms with E-state index in [1.165, 1.54) is 44.2 Å². The van der Waals surface area contributed by atoms with Crippen molar-refractivity contribution in [1.82, 2.24) is 4.57 Å². The van der Waals surface area contributed by atoms with Gasteiger partial charge in [0.25, 0.3) is 0 Å². The predicted octanol–water partition coefficient (Wildman–Crippen LogP) is 10.2. The molecule has 1 aliphatic heterocycles. The summed E-state index contributed by atoms with van der Waals surface area (Å²) in [7, 11) is 0. The molecule has 0 N–H and O–H groups in total. The molecule has 0 spiro atoms. The van der Waals surface area contributed by atoms with Gasteiger partial charge in [0, 0.05) is 33.2 Å². The van der Waals surface area contributed by atoms with E-state index in [2.05, 4.69) is 159 Å². The van der Waals surface area contributed by atoms with Crippen molar-refractivity contribution in [3.63, 3.8) is 0 Å². The van der Waals surface area contributed by atoms with Crippen LogP contribution in [0.3, 0.4) is 0 Å². The molecule has 0 amide bonds. The highest BCUT2D eigenvalue weighted by molar-refractivity contribution is 6.12. The van der Waals surface area contributed by atoms with Gasteiger partial charge in [-0.05, 0) is 70.6 Å². The van der Waals surface area contributed by atoms with Crippen LogP contribution in [0, 0.1) is 0 Å². The highest BCUT2D eigenvalue weighted by Crippen LogP contribution is 2.48. The van der Waals surface area contributed by atoms with Crippen molar-refractivity contribution in [3.8, 4) is 5.69 Å². The van der Waals surface area contributed by atoms with Gasteiger partial charge in [-0.1, -0.05) is 101 Å². The lowest BCUT2D eigenvalue weighted by Crippen LogP contribution is -2.26. The molecule has 0 atom stereocenters. The number of anilines is 3. The quantitative estimate of drug-likeness (QED) is 0.232. The van der Waals surface area contributed by atoms with Gasteiger partial charge in [0.2, 0.25) is 0 Å². The summed E-state index contributed by atoms with van der Waals surface area (Å²) in [4.78, 5) is 2.37. The summed E-state index contributed by atoms with van der Waals surface area (Å²) in [6.07, 6.45) is 0. The molecule has 2 heterocycles. The average Bonchev–Trinajstić information content (AvgIpc) is 3.27. The van der Waals surface area contributed by atoms with Gasteiger partial charge in [-0.25, -0.2) is 0 Å². The summed E-state index contributed by atoms with van der Waals surface area (Å²) in [5.74, 6) is 0. The lowest BCUT2D eigenvalue weighted by molar-refractivity contribution is 0.590. The predicted molar refractivity (Wildman–Crippen MR) is 166 cm³/mol. The van der Waals surface area contributed by atoms with E-state index >= 15 is 0 Å². The summed E-state index contributed by atoms with van der Waals surface area (Å²) < 4.78 is 2.48. The fourth-order valence-electron chi connectivity index (χ4n) is 6.43. The number of benzene rings is 5. The van der Waals surface area contributed by atoms with E-state index in [0.717, 1.165) is 17.1 Å². The molecule has 192 valence electrons. The van der Waals surface area contributed by atoms with E-state index in [0.29, 0.717) is 0 Å². The van der Waals surface area contributed by atoms with Crippen LogP contribution in [0.25, 0.3) is 27.5 Å². The molecule has 7 rings (SSSR count). The minimum absolute atomic E-state index is 0.0613. The number of fused-ring (bicyclic) bond motifs is 5. The SMILES string of the molecule is CC(C)(C)c1ccc(N(c2ccccc2)c2ccc3c(c2)c2cccc4c2n3-c2ccccc2C4(C)C)cc1. The highest BCUT2D eigenvalue weighted by Gasteiger charge is 2.34. The molecule has 6 aromatic rings. The fourth-order valence-corrected chi connectivity index (χ4v) is 6.43. The van der Waals surface area contributed by atoms with Crippen molar-refractivity contribution in [2.45, 2.75) is 45.4 Å². The molecule has 2 heteroatoms. The van der Waals surface area contributed by atoms with Crippen molar-refractivity contribution in [1.29, 1.82) is 0 Å². The van der Waals surface area contributed by atoms with Gasteiger partial charge in [-0.15, -0.1) is 0 Å². The van der Waals surface area contributed by atoms with Crippen molar-refractivity contribution >= 4 is 38.9 Å². The zero-order chi connectivity index (χ0) is 26.9. The van der Waals surface area contributed by atoms with Crippen LogP contribution in [-0.4, -0.2) is 4.57 Å². The molecule has 0 bridgehead atoms. The van der Waals surface area contributed by atoms with Crippen LogP contribution >= 0.6 is 0 Å². The molecular formula is C37H34N2. The molecule has 0 fully saturated rings. The Labute approximate surface area is 231 Å². The molecule has 39 heavy (non-hydrogen) atoms. The number of nitrogens with zero attached hydrogens (tertiary/aromatic N) is 2. The van der Waals surface area contributed by atoms with Crippen molar-refractivity contribution < 1.29 is 0 Å². The van der Waals surface area contributed by atoms with Gasteiger partial charge >= 0.3 is 0 Å². The fraction of sp³-hybridized carbons (Fsp3) is 0.189. The highest BCUT2D eigenvalue weighted by atomic mass is 15.1. The van der Waals surface area contributed by atoms with E-state index in [4.69, 9.17) is 0 Å². The first-order chi connectivity index (χ1) is 18.7. The Kier molecular flexibility index (Phi) is 5.09. The van der Waals surface area contributed by atoms with Crippen LogP contribution in [0.1, 0.15) is 51.3 Å². The smallest absolute Gasteiger partial charge is 0.0582 e. The Morgan fingerprint density at radius 2 is 1.23 bits per heavy atom. The van der Waals surface area contributed by atoms with Crippen LogP contribution in [0.2, 0.25) is 0 Å². The van der Waals surface area contributed by atoms with Crippen LogP contribution in [-0.2, 0) is 10.8 Å². The van der Waals surface area contributed by atoms with Gasteiger partial charge in [0.05, 0.1) is 16.7 Å². The van der Waals surface area contributed by atoms with Gasteiger partial charge in [-0.2, -0.15) is 0 Å². The number of para-hydroxylation sites is 3. The van der Waals surface area contributed by atoms with E-state index < -0.39 is 0 Å². The summed E-state index contributed by atoms with van der Waals surface area (Å²) >= 11 is 0. The van der Waals surface area contributed by atoms with Crippen molar-refractivity contribution in [2.75, 3.05) is 4.90 Å². The second kappa shape index (κ2) is 8.35. The molecule has 1 aliphatic rings. The summed E-state index contributed by atoms with van der Waals surface area (Å²) in [6.45, 7) is 11.5. The third kappa shape index (κ3) is 3.55. The van der Waals surface area contributed by atoms with E-state index in [1.807, 2.05) is 0 Å². The van der Waals surface area contributed by atoms with Crippen molar-refractivity contribution in [2.24, 2.45) is 0 Å². The zero-order valence-corrected chi connectivity index (χ0v) is 23.4. The molecule has 0 aliphatic carbocycles. The third-order valence-corrected chi connectivity index (χ3v) is 8.53. The summed E-state index contributed by atoms with van der Waals surface area (Å²) in [5, 5.41) is 2.59. The summed E-state index contributed by atoms with van der Waals surface area (Å²) in [5.41, 5.74) is 11.5. The molecule has 5 aromatic carbocycles. The third-order valence-electron chi connectivity index (χ3n) is 8.53. The molecule has 0 saturated heterocycles. The first-order valence-electron chi connectivity index (χ1n) is 13.9. The summed E-state index contributed by atoms with van der Waals surface area (Å²) in [6, 6.07) is 42.4. The minimum Gasteiger partial charge on any atom is -0.310 e. The maximum atomic E-state index is 2.48. The van der Waals surface area contributed by atoms with Gasteiger partial charge in [0.15, 0.2) is 0 Å². The van der Waals surface area contributed by atoms with Crippen molar-refractivity contribution in [3.05, 3.63) is 132 Å². The lowest BCUT2D eigenvalue weighted by atomic mass is 9.75. The first-order valence-corrected chi connectivity index (χ1v) is 13.9. The van der Waals surface area contributed by atoms with Gasteiger partial charge in [-0.3, -0.25) is 0 Å². The van der Waals surface area contributed by atoms with Crippen LogP contribution in [0.15, 0.2) is 115 Å². The molecule has 1 aromatic heterocycles. The standard InChI is InChI=1S/C37H34N2/c1-36(2,3)25-18-20-27(21-19-25)38(26-12-7-6-8-13-26)28-22-23-33-30(24-28)29-14-11-16-32-35(29)39(33)34-17-10-9-15-31(34)37(32,4)5/h6-24H,1-5H3. The van der Waals surface area contributed by atoms with E-state index in [9.17, 15) is 0 Å². The number of rotatable bonds is 3. The Balaban J connectivity index is 1.48. The largest absolute Gasteiger partial charge is 0.310 e.